The van der Waals surface area contributed by atoms with Gasteiger partial charge < -0.3 is 15.8 Å². The maximum atomic E-state index is 11.4. The molecule has 0 aliphatic carbocycles. The number of nitrogens with one attached hydrogen (secondary N) is 1. The number of halogens is 1. The molecule has 1 heterocycles. The van der Waals surface area contributed by atoms with Crippen LogP contribution in [0, 0.1) is 0 Å². The summed E-state index contributed by atoms with van der Waals surface area (Å²) in [5.41, 5.74) is 5.43. The molecule has 16 heavy (non-hydrogen) atoms. The van der Waals surface area contributed by atoms with Crippen molar-refractivity contribution in [3.05, 3.63) is 0 Å². The summed E-state index contributed by atoms with van der Waals surface area (Å²) in [7, 11) is 0. The number of carbonyl (C=O) groups is 1. The Labute approximate surface area is 104 Å². The maximum Gasteiger partial charge on any atom is 0.220 e. The summed E-state index contributed by atoms with van der Waals surface area (Å²) in [5, 5.41) is 2.83. The van der Waals surface area contributed by atoms with E-state index >= 15 is 0 Å². The van der Waals surface area contributed by atoms with E-state index in [4.69, 9.17) is 10.5 Å². The molecule has 1 unspecified atom stereocenters. The molecule has 4 nitrogen and oxygen atoms in total. The average molecular weight is 251 g/mol. The fourth-order valence-electron chi connectivity index (χ4n) is 1.58. The Bertz CT molecular complexity index is 211. The van der Waals surface area contributed by atoms with Crippen LogP contribution in [0.1, 0.15) is 39.5 Å². The number of hydrogen-bond donors (Lipinski definition) is 2. The number of hydrogen-bond acceptors (Lipinski definition) is 3. The van der Waals surface area contributed by atoms with Crippen LogP contribution in [0.4, 0.5) is 0 Å². The van der Waals surface area contributed by atoms with Gasteiger partial charge in [-0.15, -0.1) is 12.4 Å². The van der Waals surface area contributed by atoms with Gasteiger partial charge in [0, 0.05) is 25.1 Å². The number of carbonyl (C=O) groups excluding carboxylic acids is 1. The zero-order valence-electron chi connectivity index (χ0n) is 10.1. The van der Waals surface area contributed by atoms with Crippen LogP contribution in [0.3, 0.4) is 0 Å². The Kier molecular flexibility index (Phi) is 6.95. The van der Waals surface area contributed by atoms with Crippen LogP contribution in [0.15, 0.2) is 0 Å². The van der Waals surface area contributed by atoms with E-state index in [0.717, 1.165) is 25.9 Å². The van der Waals surface area contributed by atoms with Gasteiger partial charge in [-0.25, -0.2) is 0 Å². The third-order valence-corrected chi connectivity index (χ3v) is 2.46. The second kappa shape index (κ2) is 7.09. The molecule has 0 radical (unpaired) electrons. The molecule has 1 saturated heterocycles. The molecule has 0 spiro atoms. The minimum Gasteiger partial charge on any atom is -0.378 e. The lowest BCUT2D eigenvalue weighted by Gasteiger charge is -2.19. The molecule has 1 aliphatic heterocycles. The van der Waals surface area contributed by atoms with Crippen molar-refractivity contribution in [3.63, 3.8) is 0 Å². The zero-order valence-corrected chi connectivity index (χ0v) is 10.9. The summed E-state index contributed by atoms with van der Waals surface area (Å²) < 4.78 is 5.44. The van der Waals surface area contributed by atoms with E-state index in [1.807, 2.05) is 13.8 Å². The number of amides is 1. The summed E-state index contributed by atoms with van der Waals surface area (Å²) in [4.78, 5) is 11.4. The number of rotatable bonds is 5. The summed E-state index contributed by atoms with van der Waals surface area (Å²) >= 11 is 0. The number of nitrogens with two attached hydrogens (primary N) is 1. The van der Waals surface area contributed by atoms with E-state index in [2.05, 4.69) is 5.32 Å². The molecule has 1 atom stereocenters. The second-order valence-corrected chi connectivity index (χ2v) is 4.94. The van der Waals surface area contributed by atoms with Crippen LogP contribution in [-0.2, 0) is 9.53 Å². The molecule has 1 aliphatic rings. The first-order valence-electron chi connectivity index (χ1n) is 5.64. The van der Waals surface area contributed by atoms with Crippen LogP contribution in [0.5, 0.6) is 0 Å². The van der Waals surface area contributed by atoms with E-state index in [0.29, 0.717) is 19.1 Å². The fraction of sp³-hybridized carbons (Fsp3) is 0.909. The first-order valence-corrected chi connectivity index (χ1v) is 5.64. The molecule has 1 rings (SSSR count). The SMILES string of the molecule is CC(C)(N)CNC(=O)CCC1CCCO1.Cl. The van der Waals surface area contributed by atoms with Gasteiger partial charge in [0.2, 0.25) is 5.91 Å². The standard InChI is InChI=1S/C11H22N2O2.ClH/c1-11(2,12)8-13-10(14)6-5-9-4-3-7-15-9;/h9H,3-8,12H2,1-2H3,(H,13,14);1H. The lowest BCUT2D eigenvalue weighted by Crippen LogP contribution is -2.45. The highest BCUT2D eigenvalue weighted by molar-refractivity contribution is 5.85. The molecule has 5 heteroatoms. The minimum absolute atomic E-state index is 0. The summed E-state index contributed by atoms with van der Waals surface area (Å²) in [6.45, 7) is 5.17. The fourth-order valence-corrected chi connectivity index (χ4v) is 1.58. The normalized spacial score (nSPS) is 20.3. The van der Waals surface area contributed by atoms with Gasteiger partial charge in [-0.1, -0.05) is 0 Å². The van der Waals surface area contributed by atoms with Crippen molar-refractivity contribution in [3.8, 4) is 0 Å². The molecule has 0 aromatic rings. The molecule has 1 amide bonds. The second-order valence-electron chi connectivity index (χ2n) is 4.94. The molecular weight excluding hydrogens is 228 g/mol. The monoisotopic (exact) mass is 250 g/mol. The first kappa shape index (κ1) is 15.7. The largest absolute Gasteiger partial charge is 0.378 e. The highest BCUT2D eigenvalue weighted by Crippen LogP contribution is 2.16. The highest BCUT2D eigenvalue weighted by atomic mass is 35.5. The Hall–Kier alpha value is -0.320. The topological polar surface area (TPSA) is 64.3 Å². The van der Waals surface area contributed by atoms with E-state index in [1.54, 1.807) is 0 Å². The van der Waals surface area contributed by atoms with Crippen molar-refractivity contribution in [2.45, 2.75) is 51.2 Å². The lowest BCUT2D eigenvalue weighted by molar-refractivity contribution is -0.121. The van der Waals surface area contributed by atoms with Crippen molar-refractivity contribution in [1.82, 2.24) is 5.32 Å². The lowest BCUT2D eigenvalue weighted by atomic mass is 10.1. The van der Waals surface area contributed by atoms with Crippen molar-refractivity contribution in [2.24, 2.45) is 5.73 Å². The van der Waals surface area contributed by atoms with Gasteiger partial charge >= 0.3 is 0 Å². The first-order chi connectivity index (χ1) is 6.97. The smallest absolute Gasteiger partial charge is 0.220 e. The van der Waals surface area contributed by atoms with Crippen molar-refractivity contribution < 1.29 is 9.53 Å². The van der Waals surface area contributed by atoms with Gasteiger partial charge in [0.15, 0.2) is 0 Å². The predicted molar refractivity (Wildman–Crippen MR) is 66.7 cm³/mol. The molecular formula is C11H23ClN2O2. The molecule has 0 bridgehead atoms. The van der Waals surface area contributed by atoms with E-state index in [9.17, 15) is 4.79 Å². The highest BCUT2D eigenvalue weighted by Gasteiger charge is 2.17. The third-order valence-electron chi connectivity index (χ3n) is 2.46. The quantitative estimate of drug-likeness (QED) is 0.771. The molecule has 1 fully saturated rings. The van der Waals surface area contributed by atoms with Crippen molar-refractivity contribution >= 4 is 18.3 Å². The van der Waals surface area contributed by atoms with Gasteiger partial charge in [-0.3, -0.25) is 4.79 Å². The van der Waals surface area contributed by atoms with Crippen LogP contribution in [-0.4, -0.2) is 30.7 Å². The Balaban J connectivity index is 0.00000225. The van der Waals surface area contributed by atoms with Gasteiger partial charge in [0.25, 0.3) is 0 Å². The van der Waals surface area contributed by atoms with E-state index in [-0.39, 0.29) is 23.9 Å². The Morgan fingerprint density at radius 3 is 2.75 bits per heavy atom. The van der Waals surface area contributed by atoms with Crippen molar-refractivity contribution in [2.75, 3.05) is 13.2 Å². The van der Waals surface area contributed by atoms with Crippen LogP contribution in [0.25, 0.3) is 0 Å². The van der Waals surface area contributed by atoms with Gasteiger partial charge in [-0.2, -0.15) is 0 Å². The third kappa shape index (κ3) is 7.04. The molecule has 0 saturated carbocycles. The average Bonchev–Trinajstić information content (AvgIpc) is 2.62. The van der Waals surface area contributed by atoms with Crippen molar-refractivity contribution in [1.29, 1.82) is 0 Å². The molecule has 3 N–H and O–H groups in total. The van der Waals surface area contributed by atoms with E-state index in [1.165, 1.54) is 0 Å². The molecule has 96 valence electrons. The van der Waals surface area contributed by atoms with Crippen LogP contribution >= 0.6 is 12.4 Å². The molecule has 0 aromatic heterocycles. The summed E-state index contributed by atoms with van der Waals surface area (Å²) in [6.07, 6.45) is 3.89. The minimum atomic E-state index is -0.334. The zero-order chi connectivity index (χ0) is 11.3. The maximum absolute atomic E-state index is 11.4. The van der Waals surface area contributed by atoms with Crippen LogP contribution < -0.4 is 11.1 Å². The predicted octanol–water partition coefficient (Wildman–Crippen LogP) is 1.22. The summed E-state index contributed by atoms with van der Waals surface area (Å²) in [6, 6.07) is 0. The van der Waals surface area contributed by atoms with Gasteiger partial charge in [0.05, 0.1) is 6.10 Å². The van der Waals surface area contributed by atoms with Gasteiger partial charge in [-0.05, 0) is 33.1 Å². The van der Waals surface area contributed by atoms with Gasteiger partial charge in [0.1, 0.15) is 0 Å². The molecule has 0 aromatic carbocycles. The Morgan fingerprint density at radius 2 is 2.25 bits per heavy atom. The Morgan fingerprint density at radius 1 is 1.56 bits per heavy atom. The number of ether oxygens (including phenoxy) is 1. The van der Waals surface area contributed by atoms with Crippen LogP contribution in [0.2, 0.25) is 0 Å². The summed E-state index contributed by atoms with van der Waals surface area (Å²) in [5.74, 6) is 0.0732. The van der Waals surface area contributed by atoms with E-state index < -0.39 is 0 Å².